The molecule has 2 aliphatic carbocycles. The van der Waals surface area contributed by atoms with Crippen molar-refractivity contribution in [2.75, 3.05) is 19.0 Å². The number of carbonyl (C=O) groups is 1. The van der Waals surface area contributed by atoms with Gasteiger partial charge in [0, 0.05) is 18.5 Å². The summed E-state index contributed by atoms with van der Waals surface area (Å²) in [5.41, 5.74) is 1.08. The predicted molar refractivity (Wildman–Crippen MR) is 97.7 cm³/mol. The number of amides is 1. The van der Waals surface area contributed by atoms with Crippen molar-refractivity contribution in [3.05, 3.63) is 23.7 Å². The lowest BCUT2D eigenvalue weighted by atomic mass is 9.92. The number of aliphatic imine (C=N–C) groups is 2. The Morgan fingerprint density at radius 2 is 2.08 bits per heavy atom. The van der Waals surface area contributed by atoms with Crippen LogP contribution in [0.2, 0.25) is 0 Å². The molecule has 4 aliphatic rings. The largest absolute Gasteiger partial charge is 0.381 e. The molecule has 4 rings (SSSR count). The molecule has 0 spiro atoms. The number of carbonyl (C=O) groups excluding carboxylic acids is 1. The Morgan fingerprint density at radius 3 is 2.80 bits per heavy atom. The first-order valence-corrected chi connectivity index (χ1v) is 9.98. The van der Waals surface area contributed by atoms with E-state index in [0.29, 0.717) is 28.2 Å². The van der Waals surface area contributed by atoms with Gasteiger partial charge in [-0.25, -0.2) is 9.38 Å². The van der Waals surface area contributed by atoms with E-state index in [1.807, 2.05) is 0 Å². The standard InChI is InChI=1S/C18H22FN3O2S/c19-14-8-12(20-11-2-1-3-11)9-15-17(14)18(23)22-16(21-15)10-25-13-4-6-24-7-5-13/h8-9,11,13,17H,1-7,10H2,(H,21,22,23). The van der Waals surface area contributed by atoms with Crippen molar-refractivity contribution in [3.63, 3.8) is 0 Å². The molecule has 25 heavy (non-hydrogen) atoms. The quantitative estimate of drug-likeness (QED) is 0.835. The number of allylic oxidation sites excluding steroid dienone is 2. The van der Waals surface area contributed by atoms with E-state index in [-0.39, 0.29) is 11.9 Å². The van der Waals surface area contributed by atoms with E-state index in [1.165, 1.54) is 12.5 Å². The summed E-state index contributed by atoms with van der Waals surface area (Å²) < 4.78 is 19.8. The second kappa shape index (κ2) is 7.41. The highest BCUT2D eigenvalue weighted by Crippen LogP contribution is 2.32. The molecule has 0 radical (unpaired) electrons. The lowest BCUT2D eigenvalue weighted by molar-refractivity contribution is -0.122. The Bertz CT molecular complexity index is 676. The van der Waals surface area contributed by atoms with Gasteiger partial charge < -0.3 is 10.1 Å². The van der Waals surface area contributed by atoms with Gasteiger partial charge in [-0.1, -0.05) is 0 Å². The van der Waals surface area contributed by atoms with Crippen LogP contribution in [0.25, 0.3) is 0 Å². The Labute approximate surface area is 150 Å². The zero-order chi connectivity index (χ0) is 17.2. The average Bonchev–Trinajstić information content (AvgIpc) is 2.57. The number of hydrogen-bond donors (Lipinski definition) is 1. The van der Waals surface area contributed by atoms with E-state index < -0.39 is 11.7 Å². The SMILES string of the molecule is O=C1NC(CSC2CCOCC2)=NC2=CC(=NC3CCC3)C=C(F)C12. The normalized spacial score (nSPS) is 29.3. The highest BCUT2D eigenvalue weighted by atomic mass is 32.2. The van der Waals surface area contributed by atoms with Crippen LogP contribution in [0.15, 0.2) is 33.7 Å². The van der Waals surface area contributed by atoms with Crippen molar-refractivity contribution >= 4 is 29.2 Å². The third-order valence-electron chi connectivity index (χ3n) is 4.98. The van der Waals surface area contributed by atoms with Crippen LogP contribution in [0.3, 0.4) is 0 Å². The van der Waals surface area contributed by atoms with Gasteiger partial charge in [0.2, 0.25) is 5.91 Å². The van der Waals surface area contributed by atoms with E-state index in [4.69, 9.17) is 4.74 Å². The molecule has 1 N–H and O–H groups in total. The first kappa shape index (κ1) is 17.0. The monoisotopic (exact) mass is 363 g/mol. The van der Waals surface area contributed by atoms with Crippen LogP contribution in [0.4, 0.5) is 4.39 Å². The number of fused-ring (bicyclic) bond motifs is 1. The number of halogens is 1. The molecule has 1 saturated heterocycles. The molecule has 2 fully saturated rings. The first-order chi connectivity index (χ1) is 12.2. The molecule has 1 atom stereocenters. The van der Waals surface area contributed by atoms with Gasteiger partial charge in [0.1, 0.15) is 17.6 Å². The predicted octanol–water partition coefficient (Wildman–Crippen LogP) is 2.79. The Balaban J connectivity index is 1.48. The molecule has 0 aromatic carbocycles. The van der Waals surface area contributed by atoms with E-state index in [2.05, 4.69) is 15.3 Å². The van der Waals surface area contributed by atoms with Gasteiger partial charge >= 0.3 is 0 Å². The topological polar surface area (TPSA) is 63.0 Å². The third kappa shape index (κ3) is 3.87. The Hall–Kier alpha value is -1.47. The second-order valence-electron chi connectivity index (χ2n) is 6.84. The van der Waals surface area contributed by atoms with Gasteiger partial charge in [-0.05, 0) is 44.3 Å². The minimum atomic E-state index is -0.919. The van der Waals surface area contributed by atoms with E-state index in [1.54, 1.807) is 17.8 Å². The molecule has 1 saturated carbocycles. The smallest absolute Gasteiger partial charge is 0.241 e. The van der Waals surface area contributed by atoms with Crippen LogP contribution >= 0.6 is 11.8 Å². The highest BCUT2D eigenvalue weighted by Gasteiger charge is 2.35. The minimum Gasteiger partial charge on any atom is -0.381 e. The second-order valence-corrected chi connectivity index (χ2v) is 8.13. The number of nitrogens with one attached hydrogen (secondary N) is 1. The molecule has 134 valence electrons. The van der Waals surface area contributed by atoms with Gasteiger partial charge in [-0.3, -0.25) is 9.79 Å². The zero-order valence-corrected chi connectivity index (χ0v) is 14.9. The van der Waals surface area contributed by atoms with Crippen molar-refractivity contribution in [1.82, 2.24) is 5.32 Å². The van der Waals surface area contributed by atoms with Gasteiger partial charge in [0.05, 0.1) is 23.2 Å². The van der Waals surface area contributed by atoms with Crippen LogP contribution in [0.1, 0.15) is 32.1 Å². The summed E-state index contributed by atoms with van der Waals surface area (Å²) >= 11 is 1.78. The highest BCUT2D eigenvalue weighted by molar-refractivity contribution is 8.00. The fourth-order valence-electron chi connectivity index (χ4n) is 3.31. The zero-order valence-electron chi connectivity index (χ0n) is 14.0. The number of amidine groups is 1. The summed E-state index contributed by atoms with van der Waals surface area (Å²) in [5.74, 6) is -0.479. The maximum Gasteiger partial charge on any atom is 0.241 e. The summed E-state index contributed by atoms with van der Waals surface area (Å²) in [5, 5.41) is 3.29. The summed E-state index contributed by atoms with van der Waals surface area (Å²) in [6, 6.07) is 0.289. The number of hydrogen-bond acceptors (Lipinski definition) is 5. The number of rotatable bonds is 4. The van der Waals surface area contributed by atoms with Gasteiger partial charge in [0.15, 0.2) is 0 Å². The van der Waals surface area contributed by atoms with Crippen LogP contribution < -0.4 is 5.32 Å². The summed E-state index contributed by atoms with van der Waals surface area (Å²) in [7, 11) is 0. The third-order valence-corrected chi connectivity index (χ3v) is 6.36. The summed E-state index contributed by atoms with van der Waals surface area (Å²) in [6.45, 7) is 1.58. The number of ether oxygens (including phenoxy) is 1. The Morgan fingerprint density at radius 1 is 1.28 bits per heavy atom. The first-order valence-electron chi connectivity index (χ1n) is 8.93. The van der Waals surface area contributed by atoms with Crippen LogP contribution in [-0.4, -0.2) is 47.7 Å². The lowest BCUT2D eigenvalue weighted by Gasteiger charge is -2.27. The van der Waals surface area contributed by atoms with Crippen molar-refractivity contribution < 1.29 is 13.9 Å². The molecule has 1 amide bonds. The molecular weight excluding hydrogens is 341 g/mol. The fraction of sp³-hybridized carbons (Fsp3) is 0.611. The van der Waals surface area contributed by atoms with Crippen molar-refractivity contribution in [3.8, 4) is 0 Å². The maximum atomic E-state index is 14.4. The van der Waals surface area contributed by atoms with Gasteiger partial charge in [-0.15, -0.1) is 0 Å². The van der Waals surface area contributed by atoms with E-state index in [9.17, 15) is 9.18 Å². The molecule has 7 heteroatoms. The van der Waals surface area contributed by atoms with Crippen LogP contribution in [0, 0.1) is 5.92 Å². The number of nitrogens with zero attached hydrogens (tertiary/aromatic N) is 2. The molecule has 2 heterocycles. The van der Waals surface area contributed by atoms with Crippen molar-refractivity contribution in [1.29, 1.82) is 0 Å². The van der Waals surface area contributed by atoms with Crippen LogP contribution in [0.5, 0.6) is 0 Å². The lowest BCUT2D eigenvalue weighted by Crippen LogP contribution is -2.43. The van der Waals surface area contributed by atoms with Crippen molar-refractivity contribution in [2.45, 2.75) is 43.4 Å². The molecule has 0 bridgehead atoms. The molecule has 2 aliphatic heterocycles. The minimum absolute atomic E-state index is 0.289. The van der Waals surface area contributed by atoms with E-state index >= 15 is 0 Å². The van der Waals surface area contributed by atoms with Crippen LogP contribution in [-0.2, 0) is 9.53 Å². The summed E-state index contributed by atoms with van der Waals surface area (Å²) in [6.07, 6.45) is 8.48. The molecule has 5 nitrogen and oxygen atoms in total. The molecule has 0 aromatic heterocycles. The Kier molecular flexibility index (Phi) is 5.03. The molecule has 0 aromatic rings. The number of thioether (sulfide) groups is 1. The maximum absolute atomic E-state index is 14.4. The van der Waals surface area contributed by atoms with Gasteiger partial charge in [-0.2, -0.15) is 11.8 Å². The summed E-state index contributed by atoms with van der Waals surface area (Å²) in [4.78, 5) is 21.4. The van der Waals surface area contributed by atoms with E-state index in [0.717, 1.165) is 38.9 Å². The molecule has 1 unspecified atom stereocenters. The van der Waals surface area contributed by atoms with Gasteiger partial charge in [0.25, 0.3) is 0 Å². The average molecular weight is 363 g/mol. The fourth-order valence-corrected chi connectivity index (χ4v) is 4.36. The molecular formula is C18H22FN3O2S. The van der Waals surface area contributed by atoms with Crippen molar-refractivity contribution in [2.24, 2.45) is 15.9 Å².